The van der Waals surface area contributed by atoms with E-state index in [1.807, 2.05) is 12.1 Å². The fourth-order valence-corrected chi connectivity index (χ4v) is 4.10. The SMILES string of the molecule is COc1ccc(CCC2CC(CO)(CNc3cc(Cl)nc(N)n3)C2)cc1OC. The molecule has 0 atom stereocenters. The van der Waals surface area contributed by atoms with E-state index in [1.54, 1.807) is 20.3 Å². The fraction of sp³-hybridized carbons (Fsp3) is 0.500. The lowest BCUT2D eigenvalue weighted by atomic mass is 9.61. The number of aliphatic hydroxyl groups excluding tert-OH is 1. The summed E-state index contributed by atoms with van der Waals surface area (Å²) in [6.07, 6.45) is 3.98. The first-order chi connectivity index (χ1) is 13.5. The smallest absolute Gasteiger partial charge is 0.223 e. The molecule has 1 heterocycles. The van der Waals surface area contributed by atoms with Gasteiger partial charge in [0.25, 0.3) is 0 Å². The zero-order valence-corrected chi connectivity index (χ0v) is 17.0. The number of nitrogens with zero attached hydrogens (tertiary/aromatic N) is 2. The maximum Gasteiger partial charge on any atom is 0.223 e. The molecule has 3 rings (SSSR count). The Morgan fingerprint density at radius 2 is 1.96 bits per heavy atom. The topological polar surface area (TPSA) is 103 Å². The van der Waals surface area contributed by atoms with Crippen LogP contribution in [-0.2, 0) is 6.42 Å². The second kappa shape index (κ2) is 8.84. The molecule has 152 valence electrons. The van der Waals surface area contributed by atoms with Gasteiger partial charge in [0.05, 0.1) is 20.8 Å². The molecule has 0 aliphatic heterocycles. The first-order valence-electron chi connectivity index (χ1n) is 9.32. The fourth-order valence-electron chi connectivity index (χ4n) is 3.91. The molecular formula is C20H27ClN4O3. The van der Waals surface area contributed by atoms with Gasteiger partial charge in [-0.15, -0.1) is 0 Å². The molecule has 0 unspecified atom stereocenters. The van der Waals surface area contributed by atoms with Crippen LogP contribution < -0.4 is 20.5 Å². The summed E-state index contributed by atoms with van der Waals surface area (Å²) >= 11 is 5.91. The number of anilines is 2. The molecule has 8 heteroatoms. The molecule has 7 nitrogen and oxygen atoms in total. The van der Waals surface area contributed by atoms with Crippen molar-refractivity contribution < 1.29 is 14.6 Å². The van der Waals surface area contributed by atoms with Crippen LogP contribution in [0.3, 0.4) is 0 Å². The van der Waals surface area contributed by atoms with E-state index in [0.29, 0.717) is 23.4 Å². The Bertz CT molecular complexity index is 792. The van der Waals surface area contributed by atoms with Crippen molar-refractivity contribution in [1.82, 2.24) is 9.97 Å². The molecule has 0 radical (unpaired) electrons. The van der Waals surface area contributed by atoms with Crippen molar-refractivity contribution in [3.63, 3.8) is 0 Å². The second-order valence-electron chi connectivity index (χ2n) is 7.45. The highest BCUT2D eigenvalue weighted by molar-refractivity contribution is 6.29. The molecule has 0 bridgehead atoms. The standard InChI is InChI=1S/C20H27ClN4O3/c1-27-15-6-5-13(7-16(15)28-2)3-4-14-9-20(10-14,12-26)11-23-18-8-17(21)24-19(22)25-18/h5-8,14,26H,3-4,9-12H2,1-2H3,(H3,22,23,24,25). The third kappa shape index (κ3) is 4.77. The summed E-state index contributed by atoms with van der Waals surface area (Å²) in [4.78, 5) is 7.97. The number of halogens is 1. The van der Waals surface area contributed by atoms with E-state index in [-0.39, 0.29) is 18.0 Å². The normalized spacial score (nSPS) is 21.1. The molecule has 1 saturated carbocycles. The lowest BCUT2D eigenvalue weighted by Gasteiger charge is -2.47. The van der Waals surface area contributed by atoms with Crippen molar-refractivity contribution in [2.45, 2.75) is 25.7 Å². The third-order valence-electron chi connectivity index (χ3n) is 5.42. The highest BCUT2D eigenvalue weighted by Gasteiger charge is 2.43. The van der Waals surface area contributed by atoms with Crippen molar-refractivity contribution in [2.75, 3.05) is 38.4 Å². The Kier molecular flexibility index (Phi) is 6.46. The van der Waals surface area contributed by atoms with Crippen molar-refractivity contribution in [2.24, 2.45) is 11.3 Å². The van der Waals surface area contributed by atoms with Gasteiger partial charge in [0.1, 0.15) is 11.0 Å². The largest absolute Gasteiger partial charge is 0.493 e. The molecule has 1 aliphatic carbocycles. The maximum atomic E-state index is 9.90. The summed E-state index contributed by atoms with van der Waals surface area (Å²) in [6, 6.07) is 7.68. The number of rotatable bonds is 9. The third-order valence-corrected chi connectivity index (χ3v) is 5.62. The summed E-state index contributed by atoms with van der Waals surface area (Å²) < 4.78 is 10.7. The molecule has 1 aromatic carbocycles. The maximum absolute atomic E-state index is 9.90. The number of aliphatic hydroxyl groups is 1. The lowest BCUT2D eigenvalue weighted by Crippen LogP contribution is -2.45. The summed E-state index contributed by atoms with van der Waals surface area (Å²) in [5.74, 6) is 2.80. The van der Waals surface area contributed by atoms with E-state index in [0.717, 1.165) is 37.2 Å². The molecule has 1 aliphatic rings. The monoisotopic (exact) mass is 406 g/mol. The predicted octanol–water partition coefficient (Wildman–Crippen LogP) is 3.16. The number of methoxy groups -OCH3 is 2. The Morgan fingerprint density at radius 3 is 2.61 bits per heavy atom. The van der Waals surface area contributed by atoms with Crippen LogP contribution in [-0.4, -0.2) is 42.4 Å². The molecule has 1 fully saturated rings. The van der Waals surface area contributed by atoms with Crippen molar-refractivity contribution in [3.05, 3.63) is 35.0 Å². The van der Waals surface area contributed by atoms with Gasteiger partial charge in [-0.2, -0.15) is 4.98 Å². The van der Waals surface area contributed by atoms with Gasteiger partial charge < -0.3 is 25.6 Å². The number of benzene rings is 1. The van der Waals surface area contributed by atoms with Crippen molar-refractivity contribution in [3.8, 4) is 11.5 Å². The summed E-state index contributed by atoms with van der Waals surface area (Å²) in [7, 11) is 3.28. The van der Waals surface area contributed by atoms with E-state index in [4.69, 9.17) is 26.8 Å². The molecular weight excluding hydrogens is 380 g/mol. The van der Waals surface area contributed by atoms with Gasteiger partial charge in [-0.1, -0.05) is 17.7 Å². The van der Waals surface area contributed by atoms with Crippen molar-refractivity contribution in [1.29, 1.82) is 0 Å². The van der Waals surface area contributed by atoms with Crippen LogP contribution in [0.15, 0.2) is 24.3 Å². The van der Waals surface area contributed by atoms with Crippen LogP contribution in [0.4, 0.5) is 11.8 Å². The van der Waals surface area contributed by atoms with Crippen LogP contribution in [0.25, 0.3) is 0 Å². The van der Waals surface area contributed by atoms with Crippen LogP contribution in [0.5, 0.6) is 11.5 Å². The van der Waals surface area contributed by atoms with Gasteiger partial charge in [0, 0.05) is 18.0 Å². The zero-order valence-electron chi connectivity index (χ0n) is 16.2. The highest BCUT2D eigenvalue weighted by Crippen LogP contribution is 2.47. The minimum atomic E-state index is -0.131. The van der Waals surface area contributed by atoms with Gasteiger partial charge >= 0.3 is 0 Å². The first kappa shape index (κ1) is 20.5. The van der Waals surface area contributed by atoms with Crippen molar-refractivity contribution >= 4 is 23.4 Å². The minimum absolute atomic E-state index is 0.131. The van der Waals surface area contributed by atoms with Gasteiger partial charge in [-0.25, -0.2) is 4.98 Å². The van der Waals surface area contributed by atoms with E-state index >= 15 is 0 Å². The molecule has 0 saturated heterocycles. The summed E-state index contributed by atoms with van der Waals surface area (Å²) in [5.41, 5.74) is 6.72. The average molecular weight is 407 g/mol. The number of hydrogen-bond acceptors (Lipinski definition) is 7. The van der Waals surface area contributed by atoms with Crippen LogP contribution in [0.1, 0.15) is 24.8 Å². The van der Waals surface area contributed by atoms with Gasteiger partial charge in [-0.05, 0) is 49.3 Å². The zero-order chi connectivity index (χ0) is 20.1. The molecule has 0 amide bonds. The number of aryl methyl sites for hydroxylation is 1. The Labute approximate surface area is 170 Å². The second-order valence-corrected chi connectivity index (χ2v) is 7.84. The van der Waals surface area contributed by atoms with E-state index in [2.05, 4.69) is 21.4 Å². The van der Waals surface area contributed by atoms with Gasteiger partial charge in [0.15, 0.2) is 11.5 Å². The minimum Gasteiger partial charge on any atom is -0.493 e. The average Bonchev–Trinajstić information content (AvgIpc) is 2.65. The number of ether oxygens (including phenoxy) is 2. The molecule has 4 N–H and O–H groups in total. The quantitative estimate of drug-likeness (QED) is 0.549. The Morgan fingerprint density at radius 1 is 1.21 bits per heavy atom. The number of nitrogens with one attached hydrogen (secondary N) is 1. The van der Waals surface area contributed by atoms with Crippen LogP contribution >= 0.6 is 11.6 Å². The summed E-state index contributed by atoms with van der Waals surface area (Å²) in [5, 5.41) is 13.4. The number of aromatic nitrogens is 2. The highest BCUT2D eigenvalue weighted by atomic mass is 35.5. The Hall–Kier alpha value is -2.25. The Balaban J connectivity index is 1.50. The predicted molar refractivity (Wildman–Crippen MR) is 110 cm³/mol. The first-order valence-corrected chi connectivity index (χ1v) is 9.70. The van der Waals surface area contributed by atoms with Gasteiger partial charge in [-0.3, -0.25) is 0 Å². The van der Waals surface area contributed by atoms with Crippen LogP contribution in [0, 0.1) is 11.3 Å². The van der Waals surface area contributed by atoms with E-state index in [1.165, 1.54) is 5.56 Å². The number of nitrogens with two attached hydrogens (primary N) is 1. The number of hydrogen-bond donors (Lipinski definition) is 3. The molecule has 1 aromatic heterocycles. The van der Waals surface area contributed by atoms with Crippen LogP contribution in [0.2, 0.25) is 5.15 Å². The van der Waals surface area contributed by atoms with E-state index < -0.39 is 0 Å². The molecule has 0 spiro atoms. The van der Waals surface area contributed by atoms with E-state index in [9.17, 15) is 5.11 Å². The van der Waals surface area contributed by atoms with Gasteiger partial charge in [0.2, 0.25) is 5.95 Å². The lowest BCUT2D eigenvalue weighted by molar-refractivity contribution is 0.00302. The number of nitrogen functional groups attached to an aromatic ring is 1. The summed E-state index contributed by atoms with van der Waals surface area (Å²) in [6.45, 7) is 0.768. The molecule has 2 aromatic rings. The molecule has 28 heavy (non-hydrogen) atoms.